The monoisotopic (exact) mass is 244 g/mol. The fraction of sp³-hybridized carbons (Fsp3) is 0.333. The average Bonchev–Trinajstić information content (AvgIpc) is 2.37. The summed E-state index contributed by atoms with van der Waals surface area (Å²) in [5, 5.41) is 0. The lowest BCUT2D eigenvalue weighted by molar-refractivity contribution is -0.137. The van der Waals surface area contributed by atoms with Crippen molar-refractivity contribution in [3.63, 3.8) is 0 Å². The second-order valence-corrected chi connectivity index (χ2v) is 4.28. The summed E-state index contributed by atoms with van der Waals surface area (Å²) in [6.07, 6.45) is 5.62. The second kappa shape index (κ2) is 5.63. The van der Waals surface area contributed by atoms with Crippen molar-refractivity contribution in [2.75, 3.05) is 6.61 Å². The van der Waals surface area contributed by atoms with Gasteiger partial charge >= 0.3 is 5.97 Å². The maximum Gasteiger partial charge on any atom is 0.330 e. The van der Waals surface area contributed by atoms with Crippen LogP contribution in [0, 0.1) is 0 Å². The Morgan fingerprint density at radius 3 is 3.00 bits per heavy atom. The molecule has 0 amide bonds. The number of Topliss-reactive ketones (excluding diaryl/α,β-unsaturated/α-hetero) is 1. The summed E-state index contributed by atoms with van der Waals surface area (Å²) in [6, 6.07) is 5.68. The SMILES string of the molecule is CCOC(=O)/C=C/c1ccc2c(c1)CCCC2=O. The highest BCUT2D eigenvalue weighted by Gasteiger charge is 2.16. The zero-order valence-corrected chi connectivity index (χ0v) is 10.4. The first-order chi connectivity index (χ1) is 8.70. The van der Waals surface area contributed by atoms with E-state index in [4.69, 9.17) is 4.74 Å². The van der Waals surface area contributed by atoms with Gasteiger partial charge in [-0.3, -0.25) is 4.79 Å². The standard InChI is InChI=1S/C15H16O3/c1-2-18-15(17)9-7-11-6-8-13-12(10-11)4-3-5-14(13)16/h6-10H,2-5H2,1H3/b9-7+. The molecule has 0 aromatic heterocycles. The topological polar surface area (TPSA) is 43.4 Å². The molecule has 94 valence electrons. The molecule has 1 aliphatic carbocycles. The van der Waals surface area contributed by atoms with Crippen molar-refractivity contribution in [1.82, 2.24) is 0 Å². The first-order valence-electron chi connectivity index (χ1n) is 6.21. The van der Waals surface area contributed by atoms with Gasteiger partial charge in [-0.1, -0.05) is 18.2 Å². The third-order valence-corrected chi connectivity index (χ3v) is 2.98. The van der Waals surface area contributed by atoms with Gasteiger partial charge in [-0.05, 0) is 37.0 Å². The molecule has 2 rings (SSSR count). The van der Waals surface area contributed by atoms with Gasteiger partial charge in [0.2, 0.25) is 0 Å². The molecule has 0 N–H and O–H groups in total. The summed E-state index contributed by atoms with van der Waals surface area (Å²) in [5.41, 5.74) is 2.84. The molecule has 0 saturated carbocycles. The second-order valence-electron chi connectivity index (χ2n) is 4.28. The molecule has 0 spiro atoms. The van der Waals surface area contributed by atoms with E-state index in [-0.39, 0.29) is 11.8 Å². The third kappa shape index (κ3) is 2.86. The van der Waals surface area contributed by atoms with Crippen LogP contribution in [-0.2, 0) is 16.0 Å². The Labute approximate surface area is 106 Å². The molecule has 1 aromatic carbocycles. The molecule has 0 atom stereocenters. The number of hydrogen-bond donors (Lipinski definition) is 0. The number of fused-ring (bicyclic) bond motifs is 1. The lowest BCUT2D eigenvalue weighted by Crippen LogP contribution is -2.10. The fourth-order valence-corrected chi connectivity index (χ4v) is 2.12. The van der Waals surface area contributed by atoms with Crippen molar-refractivity contribution >= 4 is 17.8 Å². The summed E-state index contributed by atoms with van der Waals surface area (Å²) in [7, 11) is 0. The Hall–Kier alpha value is -1.90. The van der Waals surface area contributed by atoms with E-state index in [1.165, 1.54) is 6.08 Å². The van der Waals surface area contributed by atoms with E-state index in [1.54, 1.807) is 13.0 Å². The van der Waals surface area contributed by atoms with Crippen LogP contribution in [0.25, 0.3) is 6.08 Å². The quantitative estimate of drug-likeness (QED) is 0.606. The number of carbonyl (C=O) groups excluding carboxylic acids is 2. The molecule has 1 aromatic rings. The van der Waals surface area contributed by atoms with Crippen LogP contribution < -0.4 is 0 Å². The minimum Gasteiger partial charge on any atom is -0.463 e. The highest BCUT2D eigenvalue weighted by molar-refractivity contribution is 5.98. The van der Waals surface area contributed by atoms with Gasteiger partial charge in [0.15, 0.2) is 5.78 Å². The normalized spacial score (nSPS) is 14.6. The molecule has 0 bridgehead atoms. The Balaban J connectivity index is 2.16. The van der Waals surface area contributed by atoms with Crippen molar-refractivity contribution in [2.45, 2.75) is 26.2 Å². The molecule has 1 aliphatic rings. The van der Waals surface area contributed by atoms with Crippen molar-refractivity contribution in [3.05, 3.63) is 41.0 Å². The molecule has 3 heteroatoms. The van der Waals surface area contributed by atoms with Gasteiger partial charge in [0.25, 0.3) is 0 Å². The Bertz CT molecular complexity index is 500. The first-order valence-corrected chi connectivity index (χ1v) is 6.21. The summed E-state index contributed by atoms with van der Waals surface area (Å²) in [5.74, 6) is -0.122. The largest absolute Gasteiger partial charge is 0.463 e. The number of aryl methyl sites for hydroxylation is 1. The van der Waals surface area contributed by atoms with Crippen LogP contribution in [0.4, 0.5) is 0 Å². The minimum atomic E-state index is -0.341. The Morgan fingerprint density at radius 1 is 1.39 bits per heavy atom. The van der Waals surface area contributed by atoms with E-state index in [9.17, 15) is 9.59 Å². The van der Waals surface area contributed by atoms with E-state index in [0.717, 1.165) is 29.5 Å². The van der Waals surface area contributed by atoms with Crippen molar-refractivity contribution in [3.8, 4) is 0 Å². The summed E-state index contributed by atoms with van der Waals surface area (Å²) < 4.78 is 4.81. The van der Waals surface area contributed by atoms with Gasteiger partial charge < -0.3 is 4.74 Å². The molecule has 0 unspecified atom stereocenters. The number of ether oxygens (including phenoxy) is 1. The van der Waals surface area contributed by atoms with Crippen LogP contribution in [0.3, 0.4) is 0 Å². The summed E-state index contributed by atoms with van der Waals surface area (Å²) in [4.78, 5) is 22.8. The predicted molar refractivity (Wildman–Crippen MR) is 69.4 cm³/mol. The van der Waals surface area contributed by atoms with E-state index in [0.29, 0.717) is 13.0 Å². The van der Waals surface area contributed by atoms with Crippen LogP contribution in [-0.4, -0.2) is 18.4 Å². The van der Waals surface area contributed by atoms with E-state index in [1.807, 2.05) is 18.2 Å². The number of hydrogen-bond acceptors (Lipinski definition) is 3. The predicted octanol–water partition coefficient (Wildman–Crippen LogP) is 2.78. The summed E-state index contributed by atoms with van der Waals surface area (Å²) >= 11 is 0. The maximum atomic E-state index is 11.7. The lowest BCUT2D eigenvalue weighted by Gasteiger charge is -2.14. The van der Waals surface area contributed by atoms with Gasteiger partial charge in [0, 0.05) is 18.1 Å². The Morgan fingerprint density at radius 2 is 2.22 bits per heavy atom. The van der Waals surface area contributed by atoms with Crippen LogP contribution >= 0.6 is 0 Å². The van der Waals surface area contributed by atoms with Crippen molar-refractivity contribution in [1.29, 1.82) is 0 Å². The van der Waals surface area contributed by atoms with Crippen molar-refractivity contribution < 1.29 is 14.3 Å². The molecule has 0 saturated heterocycles. The highest BCUT2D eigenvalue weighted by atomic mass is 16.5. The molecule has 0 fully saturated rings. The van der Waals surface area contributed by atoms with E-state index in [2.05, 4.69) is 0 Å². The smallest absolute Gasteiger partial charge is 0.330 e. The Kier molecular flexibility index (Phi) is 3.92. The van der Waals surface area contributed by atoms with Crippen LogP contribution in [0.5, 0.6) is 0 Å². The highest BCUT2D eigenvalue weighted by Crippen LogP contribution is 2.22. The van der Waals surface area contributed by atoms with E-state index >= 15 is 0 Å². The molecule has 0 aliphatic heterocycles. The van der Waals surface area contributed by atoms with Gasteiger partial charge in [-0.2, -0.15) is 0 Å². The number of carbonyl (C=O) groups is 2. The van der Waals surface area contributed by atoms with Crippen LogP contribution in [0.15, 0.2) is 24.3 Å². The third-order valence-electron chi connectivity index (χ3n) is 2.98. The summed E-state index contributed by atoms with van der Waals surface area (Å²) in [6.45, 7) is 2.15. The number of ketones is 1. The zero-order valence-electron chi connectivity index (χ0n) is 10.4. The number of rotatable bonds is 3. The fourth-order valence-electron chi connectivity index (χ4n) is 2.12. The maximum absolute atomic E-state index is 11.7. The molecular weight excluding hydrogens is 228 g/mol. The molecule has 0 radical (unpaired) electrons. The van der Waals surface area contributed by atoms with Crippen molar-refractivity contribution in [2.24, 2.45) is 0 Å². The molecule has 18 heavy (non-hydrogen) atoms. The van der Waals surface area contributed by atoms with E-state index < -0.39 is 0 Å². The van der Waals surface area contributed by atoms with Crippen LogP contribution in [0.2, 0.25) is 0 Å². The molecule has 0 heterocycles. The van der Waals surface area contributed by atoms with Gasteiger partial charge in [-0.25, -0.2) is 4.79 Å². The lowest BCUT2D eigenvalue weighted by atomic mass is 9.89. The average molecular weight is 244 g/mol. The zero-order chi connectivity index (χ0) is 13.0. The number of benzene rings is 1. The minimum absolute atomic E-state index is 0.220. The van der Waals surface area contributed by atoms with Gasteiger partial charge in [-0.15, -0.1) is 0 Å². The van der Waals surface area contributed by atoms with Gasteiger partial charge in [0.1, 0.15) is 0 Å². The first kappa shape index (κ1) is 12.6. The van der Waals surface area contributed by atoms with Crippen LogP contribution in [0.1, 0.15) is 41.3 Å². The van der Waals surface area contributed by atoms with Gasteiger partial charge in [0.05, 0.1) is 6.61 Å². The molecular formula is C15H16O3. The number of esters is 1. The molecule has 3 nitrogen and oxygen atoms in total.